The van der Waals surface area contributed by atoms with Crippen LogP contribution in [0.3, 0.4) is 0 Å². The van der Waals surface area contributed by atoms with Gasteiger partial charge in [-0.05, 0) is 12.1 Å². The van der Waals surface area contributed by atoms with E-state index in [9.17, 15) is 4.79 Å². The van der Waals surface area contributed by atoms with E-state index >= 15 is 0 Å². The molecule has 0 saturated heterocycles. The summed E-state index contributed by atoms with van der Waals surface area (Å²) in [5.74, 6) is 0.597. The van der Waals surface area contributed by atoms with Gasteiger partial charge in [-0.3, -0.25) is 9.36 Å². The molecule has 0 atom stereocenters. The molecule has 1 heterocycles. The van der Waals surface area contributed by atoms with Gasteiger partial charge in [0.25, 0.3) is 0 Å². The van der Waals surface area contributed by atoms with Gasteiger partial charge in [-0.15, -0.1) is 10.2 Å². The van der Waals surface area contributed by atoms with Gasteiger partial charge >= 0.3 is 0 Å². The van der Waals surface area contributed by atoms with Crippen molar-refractivity contribution in [2.24, 2.45) is 0 Å². The average Bonchev–Trinajstić information content (AvgIpc) is 2.99. The second kappa shape index (κ2) is 8.13. The summed E-state index contributed by atoms with van der Waals surface area (Å²) in [6.45, 7) is 1.81. The number of aromatic nitrogens is 3. The van der Waals surface area contributed by atoms with Crippen LogP contribution in [0.5, 0.6) is 0 Å². The Kier molecular flexibility index (Phi) is 5.86. The van der Waals surface area contributed by atoms with Crippen LogP contribution in [0.1, 0.15) is 5.82 Å². The molecule has 21 heavy (non-hydrogen) atoms. The van der Waals surface area contributed by atoms with Gasteiger partial charge in [0.15, 0.2) is 5.82 Å². The van der Waals surface area contributed by atoms with Gasteiger partial charge in [-0.25, -0.2) is 0 Å². The number of carbonyl (C=O) groups excluding carboxylic acids is 1. The highest BCUT2D eigenvalue weighted by Gasteiger charge is 2.07. The summed E-state index contributed by atoms with van der Waals surface area (Å²) in [5.41, 5.74) is 0.963. The Morgan fingerprint density at radius 1 is 1.33 bits per heavy atom. The Morgan fingerprint density at radius 2 is 2.14 bits per heavy atom. The molecule has 7 nitrogen and oxygen atoms in total. The Bertz CT molecular complexity index is 556. The first-order chi connectivity index (χ1) is 10.3. The molecule has 0 aliphatic carbocycles. The van der Waals surface area contributed by atoms with Crippen molar-refractivity contribution in [2.75, 3.05) is 26.8 Å². The fraction of sp³-hybridized carbons (Fsp3) is 0.357. The number of para-hydroxylation sites is 1. The Labute approximate surface area is 123 Å². The van der Waals surface area contributed by atoms with Crippen molar-refractivity contribution in [1.29, 1.82) is 0 Å². The molecule has 0 aliphatic heterocycles. The zero-order valence-electron chi connectivity index (χ0n) is 12.0. The van der Waals surface area contributed by atoms with Gasteiger partial charge in [0.2, 0.25) is 5.91 Å². The summed E-state index contributed by atoms with van der Waals surface area (Å²) >= 11 is 0. The van der Waals surface area contributed by atoms with Gasteiger partial charge < -0.3 is 15.4 Å². The third-order valence-corrected chi connectivity index (χ3v) is 2.86. The molecule has 0 bridgehead atoms. The molecule has 7 heteroatoms. The van der Waals surface area contributed by atoms with E-state index in [1.165, 1.54) is 0 Å². The monoisotopic (exact) mass is 289 g/mol. The van der Waals surface area contributed by atoms with Crippen LogP contribution >= 0.6 is 0 Å². The van der Waals surface area contributed by atoms with Gasteiger partial charge in [0, 0.05) is 19.3 Å². The maximum atomic E-state index is 11.7. The molecule has 0 aliphatic rings. The number of ether oxygens (including phenoxy) is 1. The summed E-state index contributed by atoms with van der Waals surface area (Å²) < 4.78 is 6.74. The number of hydrogen-bond acceptors (Lipinski definition) is 5. The summed E-state index contributed by atoms with van der Waals surface area (Å²) in [4.78, 5) is 11.7. The van der Waals surface area contributed by atoms with Crippen LogP contribution in [-0.4, -0.2) is 47.5 Å². The number of carbonyl (C=O) groups is 1. The standard InChI is InChI=1S/C14H19N5O2/c1-21-8-7-15-10-14(20)16-9-13-18-17-11-19(13)12-5-3-2-4-6-12/h2-6,11,15H,7-10H2,1H3,(H,16,20). The van der Waals surface area contributed by atoms with Crippen molar-refractivity contribution in [1.82, 2.24) is 25.4 Å². The van der Waals surface area contributed by atoms with E-state index < -0.39 is 0 Å². The lowest BCUT2D eigenvalue weighted by molar-refractivity contribution is -0.120. The molecule has 112 valence electrons. The van der Waals surface area contributed by atoms with Crippen LogP contribution in [0, 0.1) is 0 Å². The molecular formula is C14H19N5O2. The number of amides is 1. The smallest absolute Gasteiger partial charge is 0.234 e. The lowest BCUT2D eigenvalue weighted by Gasteiger charge is -2.08. The Hall–Kier alpha value is -2.25. The van der Waals surface area contributed by atoms with Crippen molar-refractivity contribution in [2.45, 2.75) is 6.54 Å². The molecule has 0 unspecified atom stereocenters. The minimum atomic E-state index is -0.0892. The number of hydrogen-bond donors (Lipinski definition) is 2. The molecule has 0 spiro atoms. The quantitative estimate of drug-likeness (QED) is 0.675. The fourth-order valence-electron chi connectivity index (χ4n) is 1.80. The van der Waals surface area contributed by atoms with Crippen molar-refractivity contribution >= 4 is 5.91 Å². The highest BCUT2D eigenvalue weighted by atomic mass is 16.5. The number of nitrogens with one attached hydrogen (secondary N) is 2. The van der Waals surface area contributed by atoms with E-state index in [0.717, 1.165) is 5.69 Å². The Morgan fingerprint density at radius 3 is 2.90 bits per heavy atom. The van der Waals surface area contributed by atoms with E-state index in [0.29, 0.717) is 25.5 Å². The average molecular weight is 289 g/mol. The lowest BCUT2D eigenvalue weighted by Crippen LogP contribution is -2.35. The molecule has 1 aromatic carbocycles. The highest BCUT2D eigenvalue weighted by Crippen LogP contribution is 2.08. The van der Waals surface area contributed by atoms with Crippen molar-refractivity contribution in [3.63, 3.8) is 0 Å². The SMILES string of the molecule is COCCNCC(=O)NCc1nncn1-c1ccccc1. The third kappa shape index (κ3) is 4.66. The number of methoxy groups -OCH3 is 1. The van der Waals surface area contributed by atoms with E-state index in [4.69, 9.17) is 4.74 Å². The van der Waals surface area contributed by atoms with Crippen molar-refractivity contribution in [3.8, 4) is 5.69 Å². The molecule has 1 aromatic heterocycles. The van der Waals surface area contributed by atoms with Crippen LogP contribution in [0.4, 0.5) is 0 Å². The Balaban J connectivity index is 1.84. The molecule has 1 amide bonds. The number of benzene rings is 1. The highest BCUT2D eigenvalue weighted by molar-refractivity contribution is 5.77. The summed E-state index contributed by atoms with van der Waals surface area (Å²) in [7, 11) is 1.62. The van der Waals surface area contributed by atoms with E-state index in [1.807, 2.05) is 34.9 Å². The molecule has 2 N–H and O–H groups in total. The minimum absolute atomic E-state index is 0.0892. The van der Waals surface area contributed by atoms with Crippen LogP contribution in [0.25, 0.3) is 5.69 Å². The van der Waals surface area contributed by atoms with Gasteiger partial charge in [-0.1, -0.05) is 18.2 Å². The maximum Gasteiger partial charge on any atom is 0.234 e. The predicted octanol–water partition coefficient (Wildman–Crippen LogP) is 0.120. The zero-order valence-corrected chi connectivity index (χ0v) is 12.0. The number of nitrogens with zero attached hydrogens (tertiary/aromatic N) is 3. The molecular weight excluding hydrogens is 270 g/mol. The third-order valence-electron chi connectivity index (χ3n) is 2.86. The predicted molar refractivity (Wildman–Crippen MR) is 78.0 cm³/mol. The zero-order chi connectivity index (χ0) is 14.9. The van der Waals surface area contributed by atoms with E-state index in [2.05, 4.69) is 20.8 Å². The normalized spacial score (nSPS) is 10.5. The van der Waals surface area contributed by atoms with Crippen molar-refractivity contribution < 1.29 is 9.53 Å². The molecule has 2 rings (SSSR count). The van der Waals surface area contributed by atoms with Crippen molar-refractivity contribution in [3.05, 3.63) is 42.5 Å². The largest absolute Gasteiger partial charge is 0.383 e. The maximum absolute atomic E-state index is 11.7. The second-order valence-corrected chi connectivity index (χ2v) is 4.40. The molecule has 0 saturated carbocycles. The van der Waals surface area contributed by atoms with E-state index in [1.54, 1.807) is 13.4 Å². The first-order valence-electron chi connectivity index (χ1n) is 6.72. The summed E-state index contributed by atoms with van der Waals surface area (Å²) in [6, 6.07) is 9.75. The molecule has 0 radical (unpaired) electrons. The molecule has 2 aromatic rings. The number of rotatable bonds is 8. The van der Waals surface area contributed by atoms with E-state index in [-0.39, 0.29) is 12.5 Å². The van der Waals surface area contributed by atoms with Crippen LogP contribution in [-0.2, 0) is 16.1 Å². The topological polar surface area (TPSA) is 81.1 Å². The molecule has 0 fully saturated rings. The summed E-state index contributed by atoms with van der Waals surface area (Å²) in [6.07, 6.45) is 1.63. The van der Waals surface area contributed by atoms with Crippen LogP contribution < -0.4 is 10.6 Å². The van der Waals surface area contributed by atoms with Gasteiger partial charge in [-0.2, -0.15) is 0 Å². The first-order valence-corrected chi connectivity index (χ1v) is 6.72. The van der Waals surface area contributed by atoms with Crippen LogP contribution in [0.15, 0.2) is 36.7 Å². The van der Waals surface area contributed by atoms with Crippen LogP contribution in [0.2, 0.25) is 0 Å². The minimum Gasteiger partial charge on any atom is -0.383 e. The first kappa shape index (κ1) is 15.1. The lowest BCUT2D eigenvalue weighted by atomic mass is 10.3. The summed E-state index contributed by atoms with van der Waals surface area (Å²) in [5, 5.41) is 13.7. The van der Waals surface area contributed by atoms with Gasteiger partial charge in [0.05, 0.1) is 19.7 Å². The fourth-order valence-corrected chi connectivity index (χ4v) is 1.80. The second-order valence-electron chi connectivity index (χ2n) is 4.40. The van der Waals surface area contributed by atoms with Gasteiger partial charge in [0.1, 0.15) is 6.33 Å².